The van der Waals surface area contributed by atoms with Crippen LogP contribution in [0.3, 0.4) is 0 Å². The Labute approximate surface area is 112 Å². The van der Waals surface area contributed by atoms with Crippen LogP contribution in [0.25, 0.3) is 0 Å². The number of pyridine rings is 1. The molecule has 0 bridgehead atoms. The van der Waals surface area contributed by atoms with E-state index in [4.69, 9.17) is 5.73 Å². The number of aromatic nitrogens is 1. The molecule has 0 atom stereocenters. The lowest BCUT2D eigenvalue weighted by Gasteiger charge is -2.35. The van der Waals surface area contributed by atoms with Crippen molar-refractivity contribution in [1.29, 1.82) is 0 Å². The second kappa shape index (κ2) is 6.36. The fraction of sp³-hybridized carbons (Fsp3) is 0.615. The zero-order valence-corrected chi connectivity index (χ0v) is 11.7. The van der Waals surface area contributed by atoms with Crippen molar-refractivity contribution in [2.45, 2.75) is 38.1 Å². The maximum atomic E-state index is 5.72. The first kappa shape index (κ1) is 12.8. The standard InChI is InChI=1S/C13H20BrN3/c14-11-6-7-13(16-10-11)17(9-8-15)12-4-2-1-3-5-12/h6-7,10,12H,1-5,8-9,15H2. The van der Waals surface area contributed by atoms with Crippen molar-refractivity contribution in [2.24, 2.45) is 5.73 Å². The summed E-state index contributed by atoms with van der Waals surface area (Å²) >= 11 is 3.42. The fourth-order valence-corrected chi connectivity index (χ4v) is 2.79. The normalized spacial score (nSPS) is 17.1. The van der Waals surface area contributed by atoms with Gasteiger partial charge in [-0.05, 0) is 40.9 Å². The Kier molecular flexibility index (Phi) is 4.80. The second-order valence-corrected chi connectivity index (χ2v) is 5.52. The predicted octanol–water partition coefficient (Wildman–Crippen LogP) is 2.94. The SMILES string of the molecule is NCCN(c1ccc(Br)cn1)C1CCCCC1. The minimum absolute atomic E-state index is 0.626. The fourth-order valence-electron chi connectivity index (χ4n) is 2.55. The summed E-state index contributed by atoms with van der Waals surface area (Å²) in [7, 11) is 0. The highest BCUT2D eigenvalue weighted by Gasteiger charge is 2.21. The van der Waals surface area contributed by atoms with Crippen LogP contribution in [0.15, 0.2) is 22.8 Å². The van der Waals surface area contributed by atoms with Crippen molar-refractivity contribution >= 4 is 21.7 Å². The predicted molar refractivity (Wildman–Crippen MR) is 75.2 cm³/mol. The Morgan fingerprint density at radius 3 is 2.65 bits per heavy atom. The summed E-state index contributed by atoms with van der Waals surface area (Å²) in [6.45, 7) is 1.59. The van der Waals surface area contributed by atoms with Crippen molar-refractivity contribution < 1.29 is 0 Å². The zero-order valence-electron chi connectivity index (χ0n) is 10.1. The smallest absolute Gasteiger partial charge is 0.128 e. The van der Waals surface area contributed by atoms with Gasteiger partial charge in [0, 0.05) is 29.8 Å². The third kappa shape index (κ3) is 3.42. The van der Waals surface area contributed by atoms with Gasteiger partial charge in [-0.2, -0.15) is 0 Å². The monoisotopic (exact) mass is 297 g/mol. The van der Waals surface area contributed by atoms with E-state index in [1.54, 1.807) is 0 Å². The number of nitrogens with two attached hydrogens (primary N) is 1. The Morgan fingerprint density at radius 1 is 1.29 bits per heavy atom. The molecule has 2 rings (SSSR count). The molecule has 0 amide bonds. The number of hydrogen-bond donors (Lipinski definition) is 1. The molecule has 94 valence electrons. The van der Waals surface area contributed by atoms with Gasteiger partial charge in [0.15, 0.2) is 0 Å². The van der Waals surface area contributed by atoms with Gasteiger partial charge in [0.1, 0.15) is 5.82 Å². The van der Waals surface area contributed by atoms with Crippen LogP contribution in [-0.2, 0) is 0 Å². The highest BCUT2D eigenvalue weighted by Crippen LogP contribution is 2.26. The molecular formula is C13H20BrN3. The molecule has 3 nitrogen and oxygen atoms in total. The molecule has 0 saturated heterocycles. The summed E-state index contributed by atoms with van der Waals surface area (Å²) < 4.78 is 1.03. The Balaban J connectivity index is 2.12. The molecule has 0 unspecified atom stereocenters. The molecule has 0 aromatic carbocycles. The summed E-state index contributed by atoms with van der Waals surface area (Å²) in [4.78, 5) is 6.88. The molecule has 0 aliphatic heterocycles. The van der Waals surface area contributed by atoms with Gasteiger partial charge in [-0.15, -0.1) is 0 Å². The number of nitrogens with zero attached hydrogens (tertiary/aromatic N) is 2. The summed E-state index contributed by atoms with van der Waals surface area (Å²) in [6.07, 6.45) is 8.46. The van der Waals surface area contributed by atoms with Gasteiger partial charge in [-0.3, -0.25) is 0 Å². The van der Waals surface area contributed by atoms with Gasteiger partial charge in [-0.1, -0.05) is 19.3 Å². The van der Waals surface area contributed by atoms with Crippen LogP contribution in [0, 0.1) is 0 Å². The van der Waals surface area contributed by atoms with Gasteiger partial charge >= 0.3 is 0 Å². The van der Waals surface area contributed by atoms with Crippen molar-refractivity contribution in [3.63, 3.8) is 0 Å². The average Bonchev–Trinajstić information content (AvgIpc) is 2.38. The molecule has 1 fully saturated rings. The first-order valence-electron chi connectivity index (χ1n) is 6.39. The molecule has 1 aromatic rings. The van der Waals surface area contributed by atoms with Crippen LogP contribution in [-0.4, -0.2) is 24.1 Å². The van der Waals surface area contributed by atoms with Crippen LogP contribution in [0.5, 0.6) is 0 Å². The number of rotatable bonds is 4. The first-order valence-corrected chi connectivity index (χ1v) is 7.19. The Morgan fingerprint density at radius 2 is 2.06 bits per heavy atom. The van der Waals surface area contributed by atoms with Gasteiger partial charge in [0.05, 0.1) is 0 Å². The molecule has 1 heterocycles. The minimum atomic E-state index is 0.626. The van der Waals surface area contributed by atoms with Crippen LogP contribution in [0.1, 0.15) is 32.1 Å². The molecule has 1 aromatic heterocycles. The van der Waals surface area contributed by atoms with Gasteiger partial charge < -0.3 is 10.6 Å². The van der Waals surface area contributed by atoms with Crippen molar-refractivity contribution in [3.8, 4) is 0 Å². The zero-order chi connectivity index (χ0) is 12.1. The summed E-state index contributed by atoms with van der Waals surface area (Å²) in [5, 5.41) is 0. The van der Waals surface area contributed by atoms with Gasteiger partial charge in [-0.25, -0.2) is 4.98 Å². The molecule has 0 spiro atoms. The summed E-state index contributed by atoms with van der Waals surface area (Å²) in [5.74, 6) is 1.06. The highest BCUT2D eigenvalue weighted by atomic mass is 79.9. The molecule has 1 saturated carbocycles. The van der Waals surface area contributed by atoms with E-state index in [2.05, 4.69) is 37.9 Å². The van der Waals surface area contributed by atoms with E-state index in [1.807, 2.05) is 6.20 Å². The first-order chi connectivity index (χ1) is 8.31. The molecule has 2 N–H and O–H groups in total. The summed E-state index contributed by atoms with van der Waals surface area (Å²) in [6, 6.07) is 4.75. The molecular weight excluding hydrogens is 278 g/mol. The molecule has 1 aliphatic carbocycles. The van der Waals surface area contributed by atoms with E-state index in [1.165, 1.54) is 32.1 Å². The quantitative estimate of drug-likeness (QED) is 0.929. The van der Waals surface area contributed by atoms with E-state index in [9.17, 15) is 0 Å². The van der Waals surface area contributed by atoms with Crippen molar-refractivity contribution in [1.82, 2.24) is 4.98 Å². The molecule has 4 heteroatoms. The van der Waals surface area contributed by atoms with Crippen molar-refractivity contribution in [2.75, 3.05) is 18.0 Å². The molecule has 1 aliphatic rings. The maximum absolute atomic E-state index is 5.72. The van der Waals surface area contributed by atoms with E-state index < -0.39 is 0 Å². The highest BCUT2D eigenvalue weighted by molar-refractivity contribution is 9.10. The average molecular weight is 298 g/mol. The van der Waals surface area contributed by atoms with E-state index in [0.717, 1.165) is 16.8 Å². The van der Waals surface area contributed by atoms with Gasteiger partial charge in [0.2, 0.25) is 0 Å². The second-order valence-electron chi connectivity index (χ2n) is 4.61. The number of halogens is 1. The van der Waals surface area contributed by atoms with Gasteiger partial charge in [0.25, 0.3) is 0 Å². The summed E-state index contributed by atoms with van der Waals surface area (Å²) in [5.41, 5.74) is 5.72. The third-order valence-electron chi connectivity index (χ3n) is 3.39. The van der Waals surface area contributed by atoms with Crippen LogP contribution in [0.4, 0.5) is 5.82 Å². The molecule has 17 heavy (non-hydrogen) atoms. The Bertz CT molecular complexity index is 333. The lowest BCUT2D eigenvalue weighted by Crippen LogP contribution is -2.40. The van der Waals surface area contributed by atoms with Crippen molar-refractivity contribution in [3.05, 3.63) is 22.8 Å². The van der Waals surface area contributed by atoms with Crippen LogP contribution in [0.2, 0.25) is 0 Å². The van der Waals surface area contributed by atoms with Crippen LogP contribution < -0.4 is 10.6 Å². The number of anilines is 1. The molecule has 0 radical (unpaired) electrons. The maximum Gasteiger partial charge on any atom is 0.128 e. The van der Waals surface area contributed by atoms with E-state index >= 15 is 0 Å². The largest absolute Gasteiger partial charge is 0.352 e. The lowest BCUT2D eigenvalue weighted by molar-refractivity contribution is 0.414. The Hall–Kier alpha value is -0.610. The lowest BCUT2D eigenvalue weighted by atomic mass is 9.94. The number of hydrogen-bond acceptors (Lipinski definition) is 3. The van der Waals surface area contributed by atoms with E-state index in [-0.39, 0.29) is 0 Å². The van der Waals surface area contributed by atoms with E-state index in [0.29, 0.717) is 12.6 Å². The minimum Gasteiger partial charge on any atom is -0.352 e. The third-order valence-corrected chi connectivity index (χ3v) is 3.86. The topological polar surface area (TPSA) is 42.1 Å². The van der Waals surface area contributed by atoms with Crippen LogP contribution >= 0.6 is 15.9 Å².